The number of carbonyl (C=O) groups is 2. The van der Waals surface area contributed by atoms with Crippen LogP contribution in [0.15, 0.2) is 24.3 Å². The highest BCUT2D eigenvalue weighted by Crippen LogP contribution is 2.33. The van der Waals surface area contributed by atoms with Crippen LogP contribution in [0.25, 0.3) is 10.2 Å². The number of piperidine rings is 2. The van der Waals surface area contributed by atoms with E-state index >= 15 is 0 Å². The summed E-state index contributed by atoms with van der Waals surface area (Å²) in [6.45, 7) is 3.50. The number of hydrogen-bond acceptors (Lipinski definition) is 5. The van der Waals surface area contributed by atoms with Crippen LogP contribution in [0.1, 0.15) is 36.6 Å². The number of para-hydroxylation sites is 1. The predicted octanol–water partition coefficient (Wildman–Crippen LogP) is 2.20. The first-order valence-electron chi connectivity index (χ1n) is 9.75. The molecule has 27 heavy (non-hydrogen) atoms. The summed E-state index contributed by atoms with van der Waals surface area (Å²) in [6, 6.07) is 8.29. The van der Waals surface area contributed by atoms with Crippen molar-refractivity contribution >= 4 is 33.4 Å². The average molecular weight is 387 g/mol. The number of fused-ring (bicyclic) bond motifs is 1. The molecule has 1 atom stereocenters. The third-order valence-electron chi connectivity index (χ3n) is 5.78. The Labute approximate surface area is 163 Å². The van der Waals surface area contributed by atoms with Gasteiger partial charge in [0.05, 0.1) is 27.7 Å². The van der Waals surface area contributed by atoms with Crippen LogP contribution < -0.4 is 5.73 Å². The number of rotatable bonds is 4. The summed E-state index contributed by atoms with van der Waals surface area (Å²) in [6.07, 6.45) is 3.74. The summed E-state index contributed by atoms with van der Waals surface area (Å²) in [5.41, 5.74) is 6.51. The maximum atomic E-state index is 12.6. The van der Waals surface area contributed by atoms with Crippen molar-refractivity contribution in [1.82, 2.24) is 14.8 Å². The Morgan fingerprint density at radius 3 is 2.67 bits per heavy atom. The topological polar surface area (TPSA) is 79.5 Å². The minimum Gasteiger partial charge on any atom is -0.369 e. The molecule has 3 heterocycles. The molecule has 7 heteroatoms. The molecule has 0 unspecified atom stereocenters. The molecule has 0 aliphatic carbocycles. The van der Waals surface area contributed by atoms with Gasteiger partial charge in [0.2, 0.25) is 11.8 Å². The fourth-order valence-electron chi connectivity index (χ4n) is 4.13. The van der Waals surface area contributed by atoms with Gasteiger partial charge in [-0.2, -0.15) is 0 Å². The second-order valence-corrected chi connectivity index (χ2v) is 8.71. The van der Waals surface area contributed by atoms with Crippen molar-refractivity contribution < 1.29 is 9.59 Å². The van der Waals surface area contributed by atoms with Crippen LogP contribution in [-0.2, 0) is 9.59 Å². The number of likely N-dealkylation sites (tertiary alicyclic amines) is 2. The van der Waals surface area contributed by atoms with E-state index in [-0.39, 0.29) is 17.7 Å². The minimum absolute atomic E-state index is 0.124. The summed E-state index contributed by atoms with van der Waals surface area (Å²) in [4.78, 5) is 32.9. The third kappa shape index (κ3) is 4.14. The zero-order chi connectivity index (χ0) is 18.8. The summed E-state index contributed by atoms with van der Waals surface area (Å²) in [5, 5.41) is 1.22. The van der Waals surface area contributed by atoms with Gasteiger partial charge in [-0.3, -0.25) is 14.5 Å². The van der Waals surface area contributed by atoms with E-state index in [2.05, 4.69) is 23.1 Å². The number of aromatic nitrogens is 1. The first-order valence-corrected chi connectivity index (χ1v) is 10.6. The first-order chi connectivity index (χ1) is 13.1. The second kappa shape index (κ2) is 7.94. The predicted molar refractivity (Wildman–Crippen MR) is 107 cm³/mol. The molecule has 0 bridgehead atoms. The lowest BCUT2D eigenvalue weighted by atomic mass is 9.96. The van der Waals surface area contributed by atoms with E-state index in [0.717, 1.165) is 50.8 Å². The highest BCUT2D eigenvalue weighted by molar-refractivity contribution is 7.18. The molecule has 2 N–H and O–H groups in total. The van der Waals surface area contributed by atoms with Crippen molar-refractivity contribution in [2.45, 2.75) is 31.6 Å². The highest BCUT2D eigenvalue weighted by Gasteiger charge is 2.29. The molecule has 4 rings (SSSR count). The molecule has 2 amide bonds. The molecule has 2 saturated heterocycles. The number of thiazole rings is 1. The van der Waals surface area contributed by atoms with E-state index in [1.165, 1.54) is 9.71 Å². The molecule has 0 radical (unpaired) electrons. The van der Waals surface area contributed by atoms with Crippen LogP contribution in [0.3, 0.4) is 0 Å². The van der Waals surface area contributed by atoms with Crippen molar-refractivity contribution in [1.29, 1.82) is 0 Å². The number of nitrogens with two attached hydrogens (primary N) is 1. The zero-order valence-electron chi connectivity index (χ0n) is 15.5. The Balaban J connectivity index is 1.30. The lowest BCUT2D eigenvalue weighted by Gasteiger charge is -2.35. The molecule has 2 aliphatic rings. The van der Waals surface area contributed by atoms with E-state index in [9.17, 15) is 9.59 Å². The number of hydrogen-bond donors (Lipinski definition) is 1. The lowest BCUT2D eigenvalue weighted by Crippen LogP contribution is -2.48. The van der Waals surface area contributed by atoms with E-state index in [1.54, 1.807) is 11.3 Å². The fraction of sp³-hybridized carbons (Fsp3) is 0.550. The summed E-state index contributed by atoms with van der Waals surface area (Å²) < 4.78 is 1.25. The van der Waals surface area contributed by atoms with Crippen molar-refractivity contribution in [3.63, 3.8) is 0 Å². The lowest BCUT2D eigenvalue weighted by molar-refractivity contribution is -0.136. The quantitative estimate of drug-likeness (QED) is 0.874. The Hall–Kier alpha value is -1.99. The molecule has 2 aromatic rings. The Morgan fingerprint density at radius 1 is 1.15 bits per heavy atom. The Bertz CT molecular complexity index is 795. The maximum Gasteiger partial charge on any atom is 0.236 e. The molecule has 0 saturated carbocycles. The zero-order valence-corrected chi connectivity index (χ0v) is 16.3. The van der Waals surface area contributed by atoms with E-state index in [0.29, 0.717) is 19.0 Å². The van der Waals surface area contributed by atoms with Crippen molar-refractivity contribution in [2.75, 3.05) is 32.7 Å². The summed E-state index contributed by atoms with van der Waals surface area (Å²) >= 11 is 1.80. The van der Waals surface area contributed by atoms with Crippen molar-refractivity contribution in [2.24, 2.45) is 11.7 Å². The van der Waals surface area contributed by atoms with Crippen LogP contribution >= 0.6 is 11.3 Å². The highest BCUT2D eigenvalue weighted by atomic mass is 32.1. The van der Waals surface area contributed by atoms with Gasteiger partial charge in [0.15, 0.2) is 0 Å². The van der Waals surface area contributed by atoms with Gasteiger partial charge in [-0.1, -0.05) is 12.1 Å². The van der Waals surface area contributed by atoms with Crippen LogP contribution in [0, 0.1) is 5.92 Å². The third-order valence-corrected chi connectivity index (χ3v) is 6.98. The number of carbonyl (C=O) groups excluding carboxylic acids is 2. The van der Waals surface area contributed by atoms with Gasteiger partial charge in [-0.05, 0) is 50.9 Å². The fourth-order valence-corrected chi connectivity index (χ4v) is 5.27. The monoisotopic (exact) mass is 386 g/mol. The normalized spacial score (nSPS) is 22.2. The molecule has 1 aromatic carbocycles. The van der Waals surface area contributed by atoms with Gasteiger partial charge < -0.3 is 10.6 Å². The number of amides is 2. The van der Waals surface area contributed by atoms with Gasteiger partial charge >= 0.3 is 0 Å². The number of nitrogens with zero attached hydrogens (tertiary/aromatic N) is 3. The standard InChI is InChI=1S/C20H26N4O2S/c21-19(26)15-4-3-9-24(12-15)18(25)13-23-10-7-14(8-11-23)20-22-16-5-1-2-6-17(16)27-20/h1-2,5-6,14-15H,3-4,7-13H2,(H2,21,26)/t15-/m0/s1. The summed E-state index contributed by atoms with van der Waals surface area (Å²) in [7, 11) is 0. The molecule has 0 spiro atoms. The second-order valence-electron chi connectivity index (χ2n) is 7.65. The van der Waals surface area contributed by atoms with Crippen LogP contribution in [0.5, 0.6) is 0 Å². The Kier molecular flexibility index (Phi) is 5.41. The van der Waals surface area contributed by atoms with E-state index in [1.807, 2.05) is 11.0 Å². The Morgan fingerprint density at radius 2 is 1.93 bits per heavy atom. The SMILES string of the molecule is NC(=O)[C@H]1CCCN(C(=O)CN2CCC(c3nc4ccccc4s3)CC2)C1. The molecule has 6 nitrogen and oxygen atoms in total. The molecular formula is C20H26N4O2S. The van der Waals surface area contributed by atoms with Crippen LogP contribution in [0.4, 0.5) is 0 Å². The first kappa shape index (κ1) is 18.4. The van der Waals surface area contributed by atoms with Crippen LogP contribution in [-0.4, -0.2) is 59.3 Å². The molecule has 144 valence electrons. The summed E-state index contributed by atoms with van der Waals surface area (Å²) in [5.74, 6) is 0.138. The van der Waals surface area contributed by atoms with Gasteiger partial charge in [0, 0.05) is 19.0 Å². The van der Waals surface area contributed by atoms with E-state index < -0.39 is 0 Å². The van der Waals surface area contributed by atoms with Gasteiger partial charge in [0.1, 0.15) is 0 Å². The molecular weight excluding hydrogens is 360 g/mol. The molecule has 2 aliphatic heterocycles. The number of primary amides is 1. The van der Waals surface area contributed by atoms with Gasteiger partial charge in [-0.15, -0.1) is 11.3 Å². The average Bonchev–Trinajstić information content (AvgIpc) is 3.13. The molecule has 2 fully saturated rings. The minimum atomic E-state index is -0.288. The maximum absolute atomic E-state index is 12.6. The number of benzene rings is 1. The molecule has 1 aromatic heterocycles. The smallest absolute Gasteiger partial charge is 0.236 e. The van der Waals surface area contributed by atoms with Crippen molar-refractivity contribution in [3.8, 4) is 0 Å². The largest absolute Gasteiger partial charge is 0.369 e. The van der Waals surface area contributed by atoms with Crippen LogP contribution in [0.2, 0.25) is 0 Å². The van der Waals surface area contributed by atoms with Crippen molar-refractivity contribution in [3.05, 3.63) is 29.3 Å². The van der Waals surface area contributed by atoms with Gasteiger partial charge in [0.25, 0.3) is 0 Å². The van der Waals surface area contributed by atoms with E-state index in [4.69, 9.17) is 10.7 Å². The van der Waals surface area contributed by atoms with Gasteiger partial charge in [-0.25, -0.2) is 4.98 Å².